The Hall–Kier alpha value is -1.70. The Morgan fingerprint density at radius 2 is 2.12 bits per heavy atom. The molecule has 0 radical (unpaired) electrons. The van der Waals surface area contributed by atoms with Gasteiger partial charge >= 0.3 is 0 Å². The van der Waals surface area contributed by atoms with Gasteiger partial charge in [-0.05, 0) is 24.6 Å². The van der Waals surface area contributed by atoms with Gasteiger partial charge in [-0.3, -0.25) is 4.79 Å². The van der Waals surface area contributed by atoms with Crippen molar-refractivity contribution in [3.8, 4) is 0 Å². The van der Waals surface area contributed by atoms with E-state index in [4.69, 9.17) is 16.3 Å². The van der Waals surface area contributed by atoms with Crippen molar-refractivity contribution in [2.75, 3.05) is 38.3 Å². The van der Waals surface area contributed by atoms with Crippen molar-refractivity contribution >= 4 is 34.2 Å². The molecule has 0 aliphatic carbocycles. The first-order valence-corrected chi connectivity index (χ1v) is 9.32. The Kier molecular flexibility index (Phi) is 5.88. The molecule has 25 heavy (non-hydrogen) atoms. The van der Waals surface area contributed by atoms with E-state index >= 15 is 0 Å². The molecule has 0 spiro atoms. The summed E-state index contributed by atoms with van der Waals surface area (Å²) in [5.74, 6) is 0.850. The maximum absolute atomic E-state index is 12.0. The summed E-state index contributed by atoms with van der Waals surface area (Å²) in [6, 6.07) is 7.86. The fourth-order valence-corrected chi connectivity index (χ4v) is 3.78. The number of carbonyl (C=O) groups excluding carboxylic acids is 1. The van der Waals surface area contributed by atoms with E-state index in [9.17, 15) is 4.79 Å². The van der Waals surface area contributed by atoms with E-state index in [1.165, 1.54) is 11.5 Å². The average Bonchev–Trinajstić information content (AvgIpc) is 3.05. The van der Waals surface area contributed by atoms with Crippen LogP contribution in [0, 0.1) is 0 Å². The molecule has 1 aliphatic rings. The second-order valence-corrected chi connectivity index (χ2v) is 7.28. The number of hydrogen-bond donors (Lipinski definition) is 0. The number of hydrogen-bond acceptors (Lipinski definition) is 6. The molecular weight excluding hydrogens is 360 g/mol. The number of halogens is 1. The average molecular weight is 381 g/mol. The van der Waals surface area contributed by atoms with Crippen LogP contribution < -0.4 is 4.90 Å². The van der Waals surface area contributed by atoms with Crippen molar-refractivity contribution in [2.24, 2.45) is 0 Å². The van der Waals surface area contributed by atoms with Gasteiger partial charge in [0.2, 0.25) is 11.0 Å². The Morgan fingerprint density at radius 3 is 2.80 bits per heavy atom. The molecule has 3 rings (SSSR count). The van der Waals surface area contributed by atoms with E-state index in [1.54, 1.807) is 7.11 Å². The number of ether oxygens (including phenoxy) is 1. The van der Waals surface area contributed by atoms with Crippen LogP contribution in [0.4, 0.5) is 5.13 Å². The highest BCUT2D eigenvalue weighted by atomic mass is 35.5. The summed E-state index contributed by atoms with van der Waals surface area (Å²) in [4.78, 5) is 20.8. The molecule has 0 N–H and O–H groups in total. The summed E-state index contributed by atoms with van der Waals surface area (Å²) in [6.45, 7) is 4.37. The number of piperazine rings is 1. The van der Waals surface area contributed by atoms with E-state index < -0.39 is 0 Å². The van der Waals surface area contributed by atoms with E-state index in [1.807, 2.05) is 29.2 Å². The summed E-state index contributed by atoms with van der Waals surface area (Å²) in [5, 5.41) is 1.64. The molecule has 1 saturated heterocycles. The van der Waals surface area contributed by atoms with Crippen LogP contribution in [0.3, 0.4) is 0 Å². The molecular formula is C17H21ClN4O2S. The Balaban J connectivity index is 1.61. The third-order valence-electron chi connectivity index (χ3n) is 4.22. The van der Waals surface area contributed by atoms with Crippen LogP contribution in [0.2, 0.25) is 5.02 Å². The third kappa shape index (κ3) is 4.48. The van der Waals surface area contributed by atoms with Gasteiger partial charge in [0, 0.05) is 55.8 Å². The molecule has 0 bridgehead atoms. The van der Waals surface area contributed by atoms with Gasteiger partial charge in [0.05, 0.1) is 0 Å². The number of carbonyl (C=O) groups is 1. The van der Waals surface area contributed by atoms with Crippen LogP contribution in [0.5, 0.6) is 0 Å². The Labute approximate surface area is 156 Å². The van der Waals surface area contributed by atoms with Crippen molar-refractivity contribution in [3.63, 3.8) is 0 Å². The molecule has 1 aromatic heterocycles. The maximum atomic E-state index is 12.0. The van der Waals surface area contributed by atoms with Crippen LogP contribution >= 0.6 is 23.1 Å². The molecule has 0 saturated carbocycles. The highest BCUT2D eigenvalue weighted by Gasteiger charge is 2.28. The monoisotopic (exact) mass is 380 g/mol. The largest absolute Gasteiger partial charge is 0.375 e. The zero-order valence-electron chi connectivity index (χ0n) is 14.3. The predicted molar refractivity (Wildman–Crippen MR) is 99.4 cm³/mol. The van der Waals surface area contributed by atoms with Gasteiger partial charge in [-0.1, -0.05) is 23.7 Å². The van der Waals surface area contributed by atoms with Gasteiger partial charge in [-0.2, -0.15) is 4.37 Å². The zero-order valence-corrected chi connectivity index (χ0v) is 15.9. The Morgan fingerprint density at radius 1 is 1.36 bits per heavy atom. The van der Waals surface area contributed by atoms with Crippen LogP contribution in [-0.2, 0) is 16.0 Å². The molecule has 8 heteroatoms. The van der Waals surface area contributed by atoms with Crippen LogP contribution in [0.15, 0.2) is 24.3 Å². The minimum absolute atomic E-state index is 0.0374. The third-order valence-corrected chi connectivity index (χ3v) is 5.29. The van der Waals surface area contributed by atoms with Gasteiger partial charge in [0.15, 0.2) is 0 Å². The molecule has 1 atom stereocenters. The SMILES string of the molecule is COCC(=O)N1CCN(c2nc(Cc3ccc(Cl)cc3)ns2)CC1C. The van der Waals surface area contributed by atoms with Crippen LogP contribution in [-0.4, -0.2) is 59.6 Å². The predicted octanol–water partition coefficient (Wildman–Crippen LogP) is 2.47. The summed E-state index contributed by atoms with van der Waals surface area (Å²) in [5.41, 5.74) is 1.14. The van der Waals surface area contributed by atoms with Crippen molar-refractivity contribution < 1.29 is 9.53 Å². The van der Waals surface area contributed by atoms with E-state index in [2.05, 4.69) is 21.2 Å². The maximum Gasteiger partial charge on any atom is 0.248 e. The first-order chi connectivity index (χ1) is 12.1. The fraction of sp³-hybridized carbons (Fsp3) is 0.471. The van der Waals surface area contributed by atoms with Crippen LogP contribution in [0.1, 0.15) is 18.3 Å². The number of nitrogens with zero attached hydrogens (tertiary/aromatic N) is 4. The van der Waals surface area contributed by atoms with Gasteiger partial charge in [-0.25, -0.2) is 4.98 Å². The number of amides is 1. The summed E-state index contributed by atoms with van der Waals surface area (Å²) in [6.07, 6.45) is 0.690. The highest BCUT2D eigenvalue weighted by molar-refractivity contribution is 7.09. The lowest BCUT2D eigenvalue weighted by Gasteiger charge is -2.39. The first-order valence-electron chi connectivity index (χ1n) is 8.17. The molecule has 1 amide bonds. The Bertz CT molecular complexity index is 722. The van der Waals surface area contributed by atoms with Crippen molar-refractivity contribution in [1.29, 1.82) is 0 Å². The standard InChI is InChI=1S/C17H21ClN4O2S/c1-12-10-21(7-8-22(12)16(23)11-24-2)17-19-15(20-25-17)9-13-3-5-14(18)6-4-13/h3-6,12H,7-11H2,1-2H3. The first kappa shape index (κ1) is 18.1. The molecule has 2 aromatic rings. The van der Waals surface area contributed by atoms with E-state index in [0.717, 1.165) is 34.6 Å². The molecule has 1 aromatic carbocycles. The normalized spacial score (nSPS) is 17.8. The van der Waals surface area contributed by atoms with Gasteiger partial charge < -0.3 is 14.5 Å². The molecule has 134 valence electrons. The minimum Gasteiger partial charge on any atom is -0.375 e. The number of aromatic nitrogens is 2. The molecule has 1 fully saturated rings. The summed E-state index contributed by atoms with van der Waals surface area (Å²) >= 11 is 7.33. The molecule has 1 unspecified atom stereocenters. The number of rotatable bonds is 5. The second-order valence-electron chi connectivity index (χ2n) is 6.11. The molecule has 6 nitrogen and oxygen atoms in total. The lowest BCUT2D eigenvalue weighted by molar-refractivity contribution is -0.137. The van der Waals surface area contributed by atoms with Gasteiger partial charge in [-0.15, -0.1) is 0 Å². The topological polar surface area (TPSA) is 58.6 Å². The van der Waals surface area contributed by atoms with Crippen LogP contribution in [0.25, 0.3) is 0 Å². The highest BCUT2D eigenvalue weighted by Crippen LogP contribution is 2.23. The van der Waals surface area contributed by atoms with Crippen molar-refractivity contribution in [3.05, 3.63) is 40.7 Å². The lowest BCUT2D eigenvalue weighted by Crippen LogP contribution is -2.54. The van der Waals surface area contributed by atoms with Gasteiger partial charge in [0.1, 0.15) is 12.4 Å². The second kappa shape index (κ2) is 8.12. The summed E-state index contributed by atoms with van der Waals surface area (Å²) < 4.78 is 9.42. The fourth-order valence-electron chi connectivity index (χ4n) is 2.94. The smallest absolute Gasteiger partial charge is 0.248 e. The van der Waals surface area contributed by atoms with E-state index in [-0.39, 0.29) is 18.6 Å². The minimum atomic E-state index is 0.0374. The summed E-state index contributed by atoms with van der Waals surface area (Å²) in [7, 11) is 1.54. The zero-order chi connectivity index (χ0) is 17.8. The number of benzene rings is 1. The van der Waals surface area contributed by atoms with Crippen molar-refractivity contribution in [1.82, 2.24) is 14.3 Å². The molecule has 2 heterocycles. The quantitative estimate of drug-likeness (QED) is 0.797. The number of anilines is 1. The lowest BCUT2D eigenvalue weighted by atomic mass is 10.1. The van der Waals surface area contributed by atoms with Gasteiger partial charge in [0.25, 0.3) is 0 Å². The number of methoxy groups -OCH3 is 1. The van der Waals surface area contributed by atoms with E-state index in [0.29, 0.717) is 13.0 Å². The molecule has 1 aliphatic heterocycles. The van der Waals surface area contributed by atoms with Crippen molar-refractivity contribution in [2.45, 2.75) is 19.4 Å².